The van der Waals surface area contributed by atoms with E-state index in [1.165, 1.54) is 12.2 Å². The minimum absolute atomic E-state index is 0.131. The van der Waals surface area contributed by atoms with Crippen LogP contribution in [-0.4, -0.2) is 58.8 Å². The van der Waals surface area contributed by atoms with Crippen LogP contribution in [0.15, 0.2) is 12.2 Å². The fourth-order valence-electron chi connectivity index (χ4n) is 2.48. The summed E-state index contributed by atoms with van der Waals surface area (Å²) in [4.78, 5) is 25.6. The molecule has 0 aromatic carbocycles. The first-order valence-corrected chi connectivity index (χ1v) is 7.31. The van der Waals surface area contributed by atoms with Crippen LogP contribution in [0.3, 0.4) is 0 Å². The first kappa shape index (κ1) is 16.9. The third-order valence-corrected chi connectivity index (χ3v) is 3.45. The lowest BCUT2D eigenvalue weighted by molar-refractivity contribution is -0.166. The first-order chi connectivity index (χ1) is 10.1. The number of nitrogens with zero attached hydrogens (tertiary/aromatic N) is 1. The Morgan fingerprint density at radius 2 is 2.05 bits per heavy atom. The van der Waals surface area contributed by atoms with E-state index in [4.69, 9.17) is 14.2 Å². The fraction of sp³-hybridized carbons (Fsp3) is 0.733. The number of aliphatic hydroxyl groups excluding tert-OH is 1. The quantitative estimate of drug-likeness (QED) is 0.824. The molecule has 7 heteroatoms. The number of hydrogen-bond acceptors (Lipinski definition) is 6. The Bertz CT molecular complexity index is 475. The zero-order valence-corrected chi connectivity index (χ0v) is 13.4. The molecule has 2 aliphatic rings. The van der Waals surface area contributed by atoms with Crippen molar-refractivity contribution >= 4 is 11.9 Å². The van der Waals surface area contributed by atoms with Gasteiger partial charge in [-0.1, -0.05) is 0 Å². The Kier molecular flexibility index (Phi) is 4.60. The van der Waals surface area contributed by atoms with E-state index in [1.807, 2.05) is 0 Å². The van der Waals surface area contributed by atoms with Crippen molar-refractivity contribution in [3.8, 4) is 0 Å². The van der Waals surface area contributed by atoms with Crippen LogP contribution in [0.25, 0.3) is 0 Å². The fourth-order valence-corrected chi connectivity index (χ4v) is 2.48. The Hall–Kier alpha value is -1.44. The third kappa shape index (κ3) is 3.85. The largest absolute Gasteiger partial charge is 0.444 e. The molecule has 0 bridgehead atoms. The van der Waals surface area contributed by atoms with Crippen molar-refractivity contribution in [2.24, 2.45) is 0 Å². The number of amides is 1. The van der Waals surface area contributed by atoms with Crippen molar-refractivity contribution in [1.82, 2.24) is 4.90 Å². The van der Waals surface area contributed by atoms with E-state index >= 15 is 0 Å². The Morgan fingerprint density at radius 3 is 2.59 bits per heavy atom. The average Bonchev–Trinajstić information content (AvgIpc) is 2.78. The van der Waals surface area contributed by atoms with Gasteiger partial charge < -0.3 is 19.3 Å². The topological polar surface area (TPSA) is 85.3 Å². The highest BCUT2D eigenvalue weighted by Crippen LogP contribution is 2.29. The molecule has 1 amide bonds. The van der Waals surface area contributed by atoms with Crippen LogP contribution in [0.2, 0.25) is 0 Å². The molecule has 2 atom stereocenters. The zero-order chi connectivity index (χ0) is 16.5. The predicted octanol–water partition coefficient (Wildman–Crippen LogP) is 1.20. The smallest absolute Gasteiger partial charge is 0.413 e. The minimum atomic E-state index is -1.22. The SMILES string of the molecule is CC(C)(C)OC(=O)N1C(O)C=CC(=O)[C@H]1CC1(C)OCCO1. The number of ketones is 1. The summed E-state index contributed by atoms with van der Waals surface area (Å²) in [6, 6.07) is -0.891. The number of rotatable bonds is 2. The van der Waals surface area contributed by atoms with E-state index in [9.17, 15) is 14.7 Å². The van der Waals surface area contributed by atoms with Gasteiger partial charge in [0.1, 0.15) is 11.6 Å². The molecule has 7 nitrogen and oxygen atoms in total. The highest BCUT2D eigenvalue weighted by atomic mass is 16.7. The molecule has 2 aliphatic heterocycles. The van der Waals surface area contributed by atoms with Gasteiger partial charge in [-0.15, -0.1) is 0 Å². The van der Waals surface area contributed by atoms with Crippen LogP contribution in [-0.2, 0) is 19.0 Å². The highest BCUT2D eigenvalue weighted by molar-refractivity contribution is 5.97. The second-order valence-electron chi connectivity index (χ2n) is 6.61. The van der Waals surface area contributed by atoms with E-state index in [0.717, 1.165) is 4.90 Å². The summed E-state index contributed by atoms with van der Waals surface area (Å²) in [5.41, 5.74) is -0.726. The number of carbonyl (C=O) groups is 2. The van der Waals surface area contributed by atoms with E-state index in [-0.39, 0.29) is 12.2 Å². The molecule has 2 rings (SSSR count). The maximum absolute atomic E-state index is 12.3. The zero-order valence-electron chi connectivity index (χ0n) is 13.4. The van der Waals surface area contributed by atoms with E-state index in [2.05, 4.69) is 0 Å². The molecule has 1 N–H and O–H groups in total. The molecule has 0 radical (unpaired) electrons. The molecule has 124 valence electrons. The molecule has 0 aliphatic carbocycles. The molecule has 0 spiro atoms. The molecule has 0 saturated carbocycles. The lowest BCUT2D eigenvalue weighted by Gasteiger charge is -2.38. The van der Waals surface area contributed by atoms with Gasteiger partial charge in [-0.3, -0.25) is 9.69 Å². The maximum atomic E-state index is 12.3. The summed E-state index contributed by atoms with van der Waals surface area (Å²) < 4.78 is 16.3. The Balaban J connectivity index is 2.20. The lowest BCUT2D eigenvalue weighted by atomic mass is 9.98. The molecule has 2 heterocycles. The van der Waals surface area contributed by atoms with Crippen LogP contribution >= 0.6 is 0 Å². The standard InChI is InChI=1S/C15H23NO6/c1-14(2,3)22-13(19)16-10(11(17)5-6-12(16)18)9-15(4)20-7-8-21-15/h5-6,10,12,18H,7-9H2,1-4H3/t10-,12?/m1/s1. The summed E-state index contributed by atoms with van der Waals surface area (Å²) in [7, 11) is 0. The summed E-state index contributed by atoms with van der Waals surface area (Å²) in [6.45, 7) is 7.74. The predicted molar refractivity (Wildman–Crippen MR) is 76.9 cm³/mol. The van der Waals surface area contributed by atoms with E-state index in [1.54, 1.807) is 27.7 Å². The number of ether oxygens (including phenoxy) is 3. The summed E-state index contributed by atoms with van der Waals surface area (Å²) >= 11 is 0. The van der Waals surface area contributed by atoms with Crippen molar-refractivity contribution in [1.29, 1.82) is 0 Å². The lowest BCUT2D eigenvalue weighted by Crippen LogP contribution is -2.55. The number of aliphatic hydroxyl groups is 1. The average molecular weight is 313 g/mol. The van der Waals surface area contributed by atoms with E-state index < -0.39 is 29.8 Å². The van der Waals surface area contributed by atoms with Crippen LogP contribution in [0.5, 0.6) is 0 Å². The normalized spacial score (nSPS) is 28.0. The van der Waals surface area contributed by atoms with Crippen LogP contribution in [0.4, 0.5) is 4.79 Å². The molecule has 0 aromatic heterocycles. The molecule has 0 aromatic rings. The summed E-state index contributed by atoms with van der Waals surface area (Å²) in [5.74, 6) is -1.25. The van der Waals surface area contributed by atoms with Crippen LogP contribution in [0.1, 0.15) is 34.1 Å². The monoisotopic (exact) mass is 313 g/mol. The Morgan fingerprint density at radius 1 is 1.45 bits per heavy atom. The van der Waals surface area contributed by atoms with Crippen molar-refractivity contribution < 1.29 is 28.9 Å². The van der Waals surface area contributed by atoms with Gasteiger partial charge in [0, 0.05) is 6.42 Å². The van der Waals surface area contributed by atoms with Gasteiger partial charge in [-0.05, 0) is 39.8 Å². The van der Waals surface area contributed by atoms with Gasteiger partial charge in [-0.25, -0.2) is 4.79 Å². The van der Waals surface area contributed by atoms with E-state index in [0.29, 0.717) is 13.2 Å². The minimum Gasteiger partial charge on any atom is -0.444 e. The van der Waals surface area contributed by atoms with Gasteiger partial charge in [-0.2, -0.15) is 0 Å². The molecule has 1 saturated heterocycles. The first-order valence-electron chi connectivity index (χ1n) is 7.31. The van der Waals surface area contributed by atoms with Crippen LogP contribution in [0, 0.1) is 0 Å². The highest BCUT2D eigenvalue weighted by Gasteiger charge is 2.44. The van der Waals surface area contributed by atoms with Gasteiger partial charge in [0.15, 0.2) is 17.8 Å². The van der Waals surface area contributed by atoms with Crippen LogP contribution < -0.4 is 0 Å². The van der Waals surface area contributed by atoms with Gasteiger partial charge in [0.2, 0.25) is 0 Å². The number of hydrogen-bond donors (Lipinski definition) is 1. The van der Waals surface area contributed by atoms with Crippen molar-refractivity contribution in [2.75, 3.05) is 13.2 Å². The number of carbonyl (C=O) groups excluding carboxylic acids is 2. The van der Waals surface area contributed by atoms with Gasteiger partial charge in [0.05, 0.1) is 13.2 Å². The third-order valence-electron chi connectivity index (χ3n) is 3.45. The summed E-state index contributed by atoms with van der Waals surface area (Å²) in [6.07, 6.45) is 0.703. The van der Waals surface area contributed by atoms with Gasteiger partial charge >= 0.3 is 6.09 Å². The van der Waals surface area contributed by atoms with Crippen molar-refractivity contribution in [2.45, 2.75) is 57.8 Å². The summed E-state index contributed by atoms with van der Waals surface area (Å²) in [5, 5.41) is 10.1. The molecule has 1 unspecified atom stereocenters. The van der Waals surface area contributed by atoms with Crippen molar-refractivity contribution in [3.63, 3.8) is 0 Å². The van der Waals surface area contributed by atoms with Gasteiger partial charge in [0.25, 0.3) is 0 Å². The molecule has 1 fully saturated rings. The molecule has 22 heavy (non-hydrogen) atoms. The molecular formula is C15H23NO6. The van der Waals surface area contributed by atoms with Crippen molar-refractivity contribution in [3.05, 3.63) is 12.2 Å². The second kappa shape index (κ2) is 5.98. The second-order valence-corrected chi connectivity index (χ2v) is 6.61. The maximum Gasteiger partial charge on any atom is 0.413 e. The Labute approximate surface area is 129 Å². The molecular weight excluding hydrogens is 290 g/mol.